The predicted octanol–water partition coefficient (Wildman–Crippen LogP) is 3.00. The number of aliphatic hydroxyl groups is 1. The summed E-state index contributed by atoms with van der Waals surface area (Å²) in [4.78, 5) is 21.5. The van der Waals surface area contributed by atoms with E-state index >= 15 is 0 Å². The van der Waals surface area contributed by atoms with Crippen LogP contribution in [0, 0.1) is 5.41 Å². The first kappa shape index (κ1) is 20.0. The Hall–Kier alpha value is -1.72. The molecule has 3 rings (SSSR count). The summed E-state index contributed by atoms with van der Waals surface area (Å²) >= 11 is 0. The Bertz CT molecular complexity index is 634. The van der Waals surface area contributed by atoms with Crippen molar-refractivity contribution in [3.05, 3.63) is 42.2 Å². The van der Waals surface area contributed by atoms with Gasteiger partial charge in [-0.15, -0.1) is 0 Å². The highest BCUT2D eigenvalue weighted by Crippen LogP contribution is 2.39. The van der Waals surface area contributed by atoms with Crippen LogP contribution in [0.1, 0.15) is 51.1 Å². The molecule has 0 radical (unpaired) electrons. The molecule has 5 heteroatoms. The highest BCUT2D eigenvalue weighted by molar-refractivity contribution is 5.76. The lowest BCUT2D eigenvalue weighted by Crippen LogP contribution is -2.59. The second-order valence-corrected chi connectivity index (χ2v) is 8.08. The number of hydrogen-bond donors (Lipinski definition) is 1. The third kappa shape index (κ3) is 5.17. The fourth-order valence-corrected chi connectivity index (χ4v) is 4.57. The maximum absolute atomic E-state index is 12.7. The highest BCUT2D eigenvalue weighted by atomic mass is 16.3. The number of rotatable bonds is 6. The van der Waals surface area contributed by atoms with E-state index in [1.54, 1.807) is 0 Å². The lowest BCUT2D eigenvalue weighted by molar-refractivity contribution is -0.141. The number of allylic oxidation sites excluding steroid dienone is 2. The van der Waals surface area contributed by atoms with Crippen LogP contribution in [-0.2, 0) is 11.3 Å². The normalized spacial score (nSPS) is 26.7. The van der Waals surface area contributed by atoms with Gasteiger partial charge < -0.3 is 10.0 Å². The molecular weight excluding hydrogens is 338 g/mol. The number of carbonyl (C=O) groups is 1. The minimum Gasteiger partial charge on any atom is -0.392 e. The standard InChI is InChI=1S/C22H33N3O2/c1-2-3-4-5-10-21(27)25-14-8-12-22(18-25)17-24(15-11-20(22)26)16-19-9-6-7-13-23-19/h2-3,6-7,9,13,20,26H,4-5,8,10-12,14-18H2,1H3/t20-,22-/m1/s1. The first-order valence-corrected chi connectivity index (χ1v) is 10.3. The summed E-state index contributed by atoms with van der Waals surface area (Å²) in [7, 11) is 0. The first-order chi connectivity index (χ1) is 13.1. The molecule has 148 valence electrons. The van der Waals surface area contributed by atoms with Gasteiger partial charge in [-0.1, -0.05) is 18.2 Å². The third-order valence-corrected chi connectivity index (χ3v) is 6.03. The molecule has 1 aromatic rings. The Kier molecular flexibility index (Phi) is 7.02. The molecule has 0 aliphatic carbocycles. The molecule has 2 saturated heterocycles. The van der Waals surface area contributed by atoms with Crippen LogP contribution in [0.15, 0.2) is 36.5 Å². The number of aliphatic hydroxyl groups excluding tert-OH is 1. The second kappa shape index (κ2) is 9.47. The molecule has 5 nitrogen and oxygen atoms in total. The largest absolute Gasteiger partial charge is 0.392 e. The lowest BCUT2D eigenvalue weighted by atomic mass is 9.71. The number of likely N-dealkylation sites (tertiary alicyclic amines) is 2. The van der Waals surface area contributed by atoms with Gasteiger partial charge in [-0.25, -0.2) is 0 Å². The summed E-state index contributed by atoms with van der Waals surface area (Å²) in [5.74, 6) is 0.243. The van der Waals surface area contributed by atoms with Crippen molar-refractivity contribution in [1.29, 1.82) is 0 Å². The van der Waals surface area contributed by atoms with Gasteiger partial charge >= 0.3 is 0 Å². The van der Waals surface area contributed by atoms with Crippen LogP contribution >= 0.6 is 0 Å². The number of nitrogens with zero attached hydrogens (tertiary/aromatic N) is 3. The molecule has 1 N–H and O–H groups in total. The van der Waals surface area contributed by atoms with E-state index in [9.17, 15) is 9.90 Å². The van der Waals surface area contributed by atoms with Crippen molar-refractivity contribution in [2.45, 2.75) is 58.1 Å². The van der Waals surface area contributed by atoms with Crippen molar-refractivity contribution in [3.63, 3.8) is 0 Å². The molecule has 2 aliphatic heterocycles. The molecule has 2 atom stereocenters. The quantitative estimate of drug-likeness (QED) is 0.617. The van der Waals surface area contributed by atoms with Crippen LogP contribution in [0.5, 0.6) is 0 Å². The van der Waals surface area contributed by atoms with E-state index in [1.807, 2.05) is 36.2 Å². The van der Waals surface area contributed by atoms with Crippen LogP contribution in [0.3, 0.4) is 0 Å². The third-order valence-electron chi connectivity index (χ3n) is 6.03. The number of carbonyl (C=O) groups excluding carboxylic acids is 1. The van der Waals surface area contributed by atoms with Crippen molar-refractivity contribution >= 4 is 5.91 Å². The molecule has 1 aromatic heterocycles. The van der Waals surface area contributed by atoms with Crippen LogP contribution in [0.2, 0.25) is 0 Å². The molecule has 3 heterocycles. The average molecular weight is 372 g/mol. The van der Waals surface area contributed by atoms with Gasteiger partial charge in [0.2, 0.25) is 5.91 Å². The van der Waals surface area contributed by atoms with E-state index < -0.39 is 0 Å². The Morgan fingerprint density at radius 2 is 2.26 bits per heavy atom. The molecule has 0 saturated carbocycles. The molecular formula is C22H33N3O2. The molecule has 0 unspecified atom stereocenters. The van der Waals surface area contributed by atoms with Crippen LogP contribution in [0.25, 0.3) is 0 Å². The van der Waals surface area contributed by atoms with Crippen LogP contribution in [0.4, 0.5) is 0 Å². The summed E-state index contributed by atoms with van der Waals surface area (Å²) < 4.78 is 0. The average Bonchev–Trinajstić information content (AvgIpc) is 2.69. The monoisotopic (exact) mass is 371 g/mol. The first-order valence-electron chi connectivity index (χ1n) is 10.3. The number of hydrogen-bond acceptors (Lipinski definition) is 4. The SMILES string of the molecule is CC=CCCCC(=O)N1CCC[C@@]2(CN(Cc3ccccn3)CC[C@H]2O)C1. The minimum atomic E-state index is -0.323. The van der Waals surface area contributed by atoms with Crippen molar-refractivity contribution in [1.82, 2.24) is 14.8 Å². The van der Waals surface area contributed by atoms with Crippen molar-refractivity contribution in [2.75, 3.05) is 26.2 Å². The minimum absolute atomic E-state index is 0.190. The van der Waals surface area contributed by atoms with Crippen molar-refractivity contribution < 1.29 is 9.90 Å². The number of pyridine rings is 1. The van der Waals surface area contributed by atoms with Gasteiger partial charge in [0.25, 0.3) is 0 Å². The van der Waals surface area contributed by atoms with Gasteiger partial charge in [-0.3, -0.25) is 14.7 Å². The van der Waals surface area contributed by atoms with E-state index in [4.69, 9.17) is 0 Å². The highest BCUT2D eigenvalue weighted by Gasteiger charge is 2.46. The fraction of sp³-hybridized carbons (Fsp3) is 0.636. The van der Waals surface area contributed by atoms with Gasteiger partial charge in [0, 0.05) is 50.8 Å². The van der Waals surface area contributed by atoms with Gasteiger partial charge in [-0.2, -0.15) is 0 Å². The zero-order chi connectivity index (χ0) is 19.1. The molecule has 1 spiro atoms. The molecule has 2 fully saturated rings. The van der Waals surface area contributed by atoms with Gasteiger partial charge in [-0.05, 0) is 51.2 Å². The number of aromatic nitrogens is 1. The Balaban J connectivity index is 1.61. The Morgan fingerprint density at radius 3 is 3.04 bits per heavy atom. The second-order valence-electron chi connectivity index (χ2n) is 8.08. The Morgan fingerprint density at radius 1 is 1.37 bits per heavy atom. The lowest BCUT2D eigenvalue weighted by Gasteiger charge is -2.51. The van der Waals surface area contributed by atoms with Crippen LogP contribution < -0.4 is 0 Å². The summed E-state index contributed by atoms with van der Waals surface area (Å²) in [6.07, 6.45) is 10.9. The number of piperidine rings is 2. The smallest absolute Gasteiger partial charge is 0.222 e. The predicted molar refractivity (Wildman–Crippen MR) is 107 cm³/mol. The zero-order valence-corrected chi connectivity index (χ0v) is 16.5. The van der Waals surface area contributed by atoms with Crippen molar-refractivity contribution in [3.8, 4) is 0 Å². The molecule has 0 aromatic carbocycles. The summed E-state index contributed by atoms with van der Waals surface area (Å²) in [5.41, 5.74) is 0.876. The maximum Gasteiger partial charge on any atom is 0.222 e. The molecule has 0 bridgehead atoms. The molecule has 27 heavy (non-hydrogen) atoms. The summed E-state index contributed by atoms with van der Waals surface area (Å²) in [6, 6.07) is 6.01. The van der Waals surface area contributed by atoms with Crippen molar-refractivity contribution in [2.24, 2.45) is 5.41 Å². The fourth-order valence-electron chi connectivity index (χ4n) is 4.57. The Labute approximate surface area is 163 Å². The topological polar surface area (TPSA) is 56.7 Å². The summed E-state index contributed by atoms with van der Waals surface area (Å²) in [6.45, 7) is 6.07. The summed E-state index contributed by atoms with van der Waals surface area (Å²) in [5, 5.41) is 10.8. The van der Waals surface area contributed by atoms with Gasteiger partial charge in [0.05, 0.1) is 11.8 Å². The van der Waals surface area contributed by atoms with E-state index in [-0.39, 0.29) is 17.4 Å². The van der Waals surface area contributed by atoms with E-state index in [0.717, 1.165) is 64.0 Å². The van der Waals surface area contributed by atoms with E-state index in [2.05, 4.69) is 22.0 Å². The van der Waals surface area contributed by atoms with Gasteiger partial charge in [0.1, 0.15) is 0 Å². The molecule has 1 amide bonds. The van der Waals surface area contributed by atoms with Gasteiger partial charge in [0.15, 0.2) is 0 Å². The zero-order valence-electron chi connectivity index (χ0n) is 16.5. The van der Waals surface area contributed by atoms with E-state index in [1.165, 1.54) is 0 Å². The number of amides is 1. The molecule has 2 aliphatic rings. The van der Waals surface area contributed by atoms with Crippen LogP contribution in [-0.4, -0.2) is 58.1 Å². The number of unbranched alkanes of at least 4 members (excludes halogenated alkanes) is 1. The van der Waals surface area contributed by atoms with E-state index in [0.29, 0.717) is 13.0 Å². The maximum atomic E-state index is 12.7.